The molecule has 1 aromatic rings. The summed E-state index contributed by atoms with van der Waals surface area (Å²) in [5.41, 5.74) is 0.694. The maximum absolute atomic E-state index is 8.83. The number of nitriles is 1. The van der Waals surface area contributed by atoms with Gasteiger partial charge in [0, 0.05) is 18.6 Å². The molecule has 0 atom stereocenters. The van der Waals surface area contributed by atoms with Crippen molar-refractivity contribution in [1.82, 2.24) is 4.90 Å². The molecule has 0 amide bonds. The van der Waals surface area contributed by atoms with Crippen LogP contribution in [-0.4, -0.2) is 43.3 Å². The lowest BCUT2D eigenvalue weighted by atomic mass is 10.0. The summed E-state index contributed by atoms with van der Waals surface area (Å²) in [7, 11) is 0. The average molecular weight is 260 g/mol. The van der Waals surface area contributed by atoms with Crippen LogP contribution in [0.3, 0.4) is 0 Å². The zero-order valence-electron chi connectivity index (χ0n) is 11.6. The molecule has 102 valence electrons. The quantitative estimate of drug-likeness (QED) is 0.831. The van der Waals surface area contributed by atoms with Crippen molar-refractivity contribution in [2.75, 3.05) is 32.9 Å². The molecule has 0 spiro atoms. The van der Waals surface area contributed by atoms with Gasteiger partial charge in [-0.2, -0.15) is 5.26 Å². The summed E-state index contributed by atoms with van der Waals surface area (Å²) in [5.74, 6) is 0.755. The van der Waals surface area contributed by atoms with Crippen molar-refractivity contribution in [1.29, 1.82) is 5.26 Å². The number of hydrogen-bond donors (Lipinski definition) is 0. The molecule has 19 heavy (non-hydrogen) atoms. The van der Waals surface area contributed by atoms with Crippen LogP contribution in [-0.2, 0) is 4.74 Å². The molecule has 2 rings (SSSR count). The number of morpholine rings is 1. The molecule has 0 N–H and O–H groups in total. The largest absolute Gasteiger partial charge is 0.492 e. The fourth-order valence-electron chi connectivity index (χ4n) is 2.23. The Morgan fingerprint density at radius 3 is 3.05 bits per heavy atom. The Bertz CT molecular complexity index is 465. The Hall–Kier alpha value is -1.57. The summed E-state index contributed by atoms with van der Waals surface area (Å²) in [6.45, 7) is 8.34. The van der Waals surface area contributed by atoms with Crippen molar-refractivity contribution in [2.24, 2.45) is 0 Å². The van der Waals surface area contributed by atoms with E-state index in [9.17, 15) is 0 Å². The number of hydrogen-bond acceptors (Lipinski definition) is 4. The highest BCUT2D eigenvalue weighted by Crippen LogP contribution is 2.19. The summed E-state index contributed by atoms with van der Waals surface area (Å²) in [5, 5.41) is 8.83. The van der Waals surface area contributed by atoms with Gasteiger partial charge in [0.15, 0.2) is 0 Å². The van der Waals surface area contributed by atoms with Gasteiger partial charge in [-0.05, 0) is 32.0 Å². The molecule has 1 aliphatic heterocycles. The minimum Gasteiger partial charge on any atom is -0.492 e. The van der Waals surface area contributed by atoms with E-state index in [0.29, 0.717) is 12.2 Å². The van der Waals surface area contributed by atoms with Crippen LogP contribution < -0.4 is 4.74 Å². The summed E-state index contributed by atoms with van der Waals surface area (Å²) in [6.07, 6.45) is 0. The lowest BCUT2D eigenvalue weighted by Gasteiger charge is -2.41. The molecule has 1 heterocycles. The van der Waals surface area contributed by atoms with E-state index < -0.39 is 0 Å². The SMILES string of the molecule is CC1(C)COCCN1CCOc1cccc(C#N)c1. The first-order valence-electron chi connectivity index (χ1n) is 6.57. The van der Waals surface area contributed by atoms with E-state index in [4.69, 9.17) is 14.7 Å². The summed E-state index contributed by atoms with van der Waals surface area (Å²) < 4.78 is 11.2. The summed E-state index contributed by atoms with van der Waals surface area (Å²) in [6, 6.07) is 9.38. The van der Waals surface area contributed by atoms with E-state index in [1.54, 1.807) is 12.1 Å². The number of rotatable bonds is 4. The number of ether oxygens (including phenoxy) is 2. The van der Waals surface area contributed by atoms with Gasteiger partial charge in [0.1, 0.15) is 12.4 Å². The molecule has 0 radical (unpaired) electrons. The molecule has 1 aliphatic rings. The average Bonchev–Trinajstić information content (AvgIpc) is 2.41. The summed E-state index contributed by atoms with van der Waals surface area (Å²) in [4.78, 5) is 2.38. The molecular weight excluding hydrogens is 240 g/mol. The zero-order chi connectivity index (χ0) is 13.7. The van der Waals surface area contributed by atoms with Gasteiger partial charge >= 0.3 is 0 Å². The van der Waals surface area contributed by atoms with Crippen molar-refractivity contribution in [3.63, 3.8) is 0 Å². The van der Waals surface area contributed by atoms with Gasteiger partial charge in [-0.3, -0.25) is 4.90 Å². The van der Waals surface area contributed by atoms with E-state index in [1.807, 2.05) is 12.1 Å². The number of benzene rings is 1. The molecule has 0 aromatic heterocycles. The molecule has 4 heteroatoms. The normalized spacial score (nSPS) is 18.8. The van der Waals surface area contributed by atoms with Crippen molar-refractivity contribution in [3.05, 3.63) is 29.8 Å². The predicted molar refractivity (Wildman–Crippen MR) is 73.1 cm³/mol. The van der Waals surface area contributed by atoms with Crippen LogP contribution in [0.15, 0.2) is 24.3 Å². The minimum absolute atomic E-state index is 0.0656. The zero-order valence-corrected chi connectivity index (χ0v) is 11.6. The Morgan fingerprint density at radius 1 is 1.47 bits per heavy atom. The topological polar surface area (TPSA) is 45.5 Å². The van der Waals surface area contributed by atoms with Crippen LogP contribution >= 0.6 is 0 Å². The maximum Gasteiger partial charge on any atom is 0.120 e. The highest BCUT2D eigenvalue weighted by Gasteiger charge is 2.29. The summed E-state index contributed by atoms with van der Waals surface area (Å²) >= 11 is 0. The van der Waals surface area contributed by atoms with Gasteiger partial charge in [-0.15, -0.1) is 0 Å². The third kappa shape index (κ3) is 3.69. The van der Waals surface area contributed by atoms with Crippen molar-refractivity contribution >= 4 is 0 Å². The van der Waals surface area contributed by atoms with Crippen molar-refractivity contribution in [3.8, 4) is 11.8 Å². The van der Waals surface area contributed by atoms with E-state index in [2.05, 4.69) is 24.8 Å². The Morgan fingerprint density at radius 2 is 2.32 bits per heavy atom. The molecule has 0 bridgehead atoms. The highest BCUT2D eigenvalue weighted by atomic mass is 16.5. The fourth-order valence-corrected chi connectivity index (χ4v) is 2.23. The Kier molecular flexibility index (Phi) is 4.41. The van der Waals surface area contributed by atoms with E-state index in [0.717, 1.165) is 32.1 Å². The molecule has 1 saturated heterocycles. The fraction of sp³-hybridized carbons (Fsp3) is 0.533. The smallest absolute Gasteiger partial charge is 0.120 e. The van der Waals surface area contributed by atoms with Gasteiger partial charge in [0.25, 0.3) is 0 Å². The van der Waals surface area contributed by atoms with Gasteiger partial charge in [-0.25, -0.2) is 0 Å². The second-order valence-corrected chi connectivity index (χ2v) is 5.34. The van der Waals surface area contributed by atoms with Gasteiger partial charge in [0.05, 0.1) is 24.8 Å². The first kappa shape index (κ1) is 13.9. The van der Waals surface area contributed by atoms with Gasteiger partial charge in [0.2, 0.25) is 0 Å². The Labute approximate surface area is 114 Å². The van der Waals surface area contributed by atoms with Crippen LogP contribution in [0.25, 0.3) is 0 Å². The number of nitrogens with zero attached hydrogens (tertiary/aromatic N) is 2. The third-order valence-electron chi connectivity index (χ3n) is 3.41. The monoisotopic (exact) mass is 260 g/mol. The van der Waals surface area contributed by atoms with Crippen LogP contribution in [0.5, 0.6) is 5.75 Å². The van der Waals surface area contributed by atoms with E-state index in [1.165, 1.54) is 0 Å². The molecule has 4 nitrogen and oxygen atoms in total. The van der Waals surface area contributed by atoms with Crippen LogP contribution in [0.4, 0.5) is 0 Å². The first-order chi connectivity index (χ1) is 9.12. The Balaban J connectivity index is 1.84. The van der Waals surface area contributed by atoms with Crippen molar-refractivity contribution < 1.29 is 9.47 Å². The molecule has 0 saturated carbocycles. The standard InChI is InChI=1S/C15H20N2O2/c1-15(2)12-18-8-6-17(15)7-9-19-14-5-3-4-13(10-14)11-16/h3-5,10H,6-9,12H2,1-2H3. The second-order valence-electron chi connectivity index (χ2n) is 5.34. The minimum atomic E-state index is 0.0656. The molecule has 0 aliphatic carbocycles. The lowest BCUT2D eigenvalue weighted by molar-refractivity contribution is -0.0547. The molecule has 1 fully saturated rings. The molecule has 1 aromatic carbocycles. The van der Waals surface area contributed by atoms with Crippen LogP contribution in [0.1, 0.15) is 19.4 Å². The van der Waals surface area contributed by atoms with Crippen LogP contribution in [0.2, 0.25) is 0 Å². The predicted octanol–water partition coefficient (Wildman–Crippen LogP) is 2.05. The second kappa shape index (κ2) is 6.05. The third-order valence-corrected chi connectivity index (χ3v) is 3.41. The van der Waals surface area contributed by atoms with Gasteiger partial charge in [-0.1, -0.05) is 6.07 Å². The molecular formula is C15H20N2O2. The van der Waals surface area contributed by atoms with E-state index in [-0.39, 0.29) is 5.54 Å². The van der Waals surface area contributed by atoms with E-state index >= 15 is 0 Å². The highest BCUT2D eigenvalue weighted by molar-refractivity contribution is 5.36. The first-order valence-corrected chi connectivity index (χ1v) is 6.57. The van der Waals surface area contributed by atoms with Crippen molar-refractivity contribution in [2.45, 2.75) is 19.4 Å². The maximum atomic E-state index is 8.83. The van der Waals surface area contributed by atoms with Crippen LogP contribution in [0, 0.1) is 11.3 Å². The lowest BCUT2D eigenvalue weighted by Crippen LogP contribution is -2.54. The van der Waals surface area contributed by atoms with Gasteiger partial charge < -0.3 is 9.47 Å². The molecule has 0 unspecified atom stereocenters.